The van der Waals surface area contributed by atoms with Crippen LogP contribution in [0.4, 0.5) is 10.5 Å². The van der Waals surface area contributed by atoms with Gasteiger partial charge >= 0.3 is 25.0 Å². The molecule has 0 spiro atoms. The summed E-state index contributed by atoms with van der Waals surface area (Å²) < 4.78 is 5.46. The summed E-state index contributed by atoms with van der Waals surface area (Å²) in [6.07, 6.45) is 2.21. The molecule has 0 bridgehead atoms. The van der Waals surface area contributed by atoms with Crippen LogP contribution in [0.5, 0.6) is 0 Å². The van der Waals surface area contributed by atoms with Gasteiger partial charge in [0, 0.05) is 57.0 Å². The molecule has 11 heteroatoms. The van der Waals surface area contributed by atoms with Gasteiger partial charge in [0.05, 0.1) is 23.6 Å². The van der Waals surface area contributed by atoms with Crippen molar-refractivity contribution >= 4 is 34.6 Å². The predicted octanol–water partition coefficient (Wildman–Crippen LogP) is -1.90. The van der Waals surface area contributed by atoms with E-state index in [-0.39, 0.29) is 25.0 Å². The van der Waals surface area contributed by atoms with Crippen molar-refractivity contribution in [3.05, 3.63) is 36.0 Å². The summed E-state index contributed by atoms with van der Waals surface area (Å²) >= 11 is 0. The Morgan fingerprint density at radius 1 is 1.14 bits per heavy atom. The predicted molar refractivity (Wildman–Crippen MR) is 131 cm³/mol. The van der Waals surface area contributed by atoms with Crippen molar-refractivity contribution in [3.8, 4) is 0 Å². The molecule has 0 saturated carbocycles. The van der Waals surface area contributed by atoms with Gasteiger partial charge in [0.15, 0.2) is 0 Å². The summed E-state index contributed by atoms with van der Waals surface area (Å²) in [7, 11) is 1.99. The third kappa shape index (κ3) is 8.40. The SMILES string of the molecule is CN(CCCN1CCN(C(=O)OC(C)(C)C)CC1)c1ccc2nccc(C(=O)NCC(=O)[O-])c2c1.[Li+]. The molecule has 10 nitrogen and oxygen atoms in total. The molecule has 1 N–H and O–H groups in total. The summed E-state index contributed by atoms with van der Waals surface area (Å²) in [5.74, 6) is -1.82. The van der Waals surface area contributed by atoms with Gasteiger partial charge in [-0.05, 0) is 58.0 Å². The van der Waals surface area contributed by atoms with E-state index >= 15 is 0 Å². The molecule has 2 heterocycles. The zero-order valence-electron chi connectivity index (χ0n) is 21.9. The molecule has 1 saturated heterocycles. The number of hydrogen-bond acceptors (Lipinski definition) is 8. The molecule has 2 amide bonds. The molecule has 36 heavy (non-hydrogen) atoms. The number of hydrogen-bond donors (Lipinski definition) is 1. The first kappa shape index (κ1) is 29.4. The van der Waals surface area contributed by atoms with Gasteiger partial charge in [0.1, 0.15) is 5.60 Å². The Morgan fingerprint density at radius 3 is 2.47 bits per heavy atom. The molecular weight excluding hydrogens is 457 g/mol. The van der Waals surface area contributed by atoms with Gasteiger partial charge in [0.25, 0.3) is 5.91 Å². The number of rotatable bonds is 8. The minimum atomic E-state index is -1.34. The van der Waals surface area contributed by atoms with Crippen molar-refractivity contribution < 1.29 is 43.1 Å². The van der Waals surface area contributed by atoms with Gasteiger partial charge in [0.2, 0.25) is 0 Å². The van der Waals surface area contributed by atoms with Crippen molar-refractivity contribution in [2.24, 2.45) is 0 Å². The first-order chi connectivity index (χ1) is 16.5. The van der Waals surface area contributed by atoms with Crippen LogP contribution in [0.25, 0.3) is 10.9 Å². The Labute approximate surface area is 224 Å². The fourth-order valence-corrected chi connectivity index (χ4v) is 3.96. The van der Waals surface area contributed by atoms with E-state index in [9.17, 15) is 19.5 Å². The zero-order chi connectivity index (χ0) is 25.6. The number of anilines is 1. The van der Waals surface area contributed by atoms with Gasteiger partial charge in [-0.2, -0.15) is 0 Å². The van der Waals surface area contributed by atoms with Crippen LogP contribution in [-0.2, 0) is 9.53 Å². The molecule has 1 aliphatic rings. The number of pyridine rings is 1. The minimum absolute atomic E-state index is 0. The van der Waals surface area contributed by atoms with Crippen LogP contribution in [0.1, 0.15) is 37.6 Å². The van der Waals surface area contributed by atoms with Gasteiger partial charge < -0.3 is 29.8 Å². The molecule has 0 radical (unpaired) electrons. The van der Waals surface area contributed by atoms with E-state index < -0.39 is 24.0 Å². The van der Waals surface area contributed by atoms with Crippen molar-refractivity contribution in [1.82, 2.24) is 20.1 Å². The summed E-state index contributed by atoms with van der Waals surface area (Å²) in [5, 5.41) is 13.7. The standard InChI is InChI=1S/C25H35N5O5.Li/c1-25(2,3)35-24(34)30-14-12-29(13-15-30)11-5-10-28(4)18-6-7-21-20(16-18)19(8-9-26-21)23(33)27-17-22(31)32;/h6-9,16H,5,10-15,17H2,1-4H3,(H,27,33)(H,31,32);/q;+1/p-1. The van der Waals surface area contributed by atoms with Crippen LogP contribution < -0.4 is 34.2 Å². The van der Waals surface area contributed by atoms with E-state index in [1.165, 1.54) is 6.20 Å². The first-order valence-corrected chi connectivity index (χ1v) is 11.8. The third-order valence-corrected chi connectivity index (χ3v) is 5.80. The van der Waals surface area contributed by atoms with E-state index in [4.69, 9.17) is 4.74 Å². The summed E-state index contributed by atoms with van der Waals surface area (Å²) in [6, 6.07) is 7.29. The molecule has 190 valence electrons. The van der Waals surface area contributed by atoms with Gasteiger partial charge in [-0.1, -0.05) is 0 Å². The van der Waals surface area contributed by atoms with Crippen molar-refractivity contribution in [1.29, 1.82) is 0 Å². The molecular formula is C25H34LiN5O5. The molecule has 2 aromatic rings. The van der Waals surface area contributed by atoms with Crippen LogP contribution >= 0.6 is 0 Å². The largest absolute Gasteiger partial charge is 1.00 e. The molecule has 3 rings (SSSR count). The van der Waals surface area contributed by atoms with Crippen molar-refractivity contribution in [2.75, 3.05) is 57.8 Å². The number of carboxylic acid groups (broad SMARTS) is 1. The van der Waals surface area contributed by atoms with E-state index in [2.05, 4.69) is 20.1 Å². The number of aliphatic carboxylic acids is 1. The Balaban J connectivity index is 0.00000456. The van der Waals surface area contributed by atoms with Crippen molar-refractivity contribution in [2.45, 2.75) is 32.8 Å². The minimum Gasteiger partial charge on any atom is -0.548 e. The van der Waals surface area contributed by atoms with Crippen LogP contribution in [0, 0.1) is 0 Å². The van der Waals surface area contributed by atoms with Crippen molar-refractivity contribution in [3.63, 3.8) is 0 Å². The fourth-order valence-electron chi connectivity index (χ4n) is 3.96. The second-order valence-electron chi connectivity index (χ2n) is 9.70. The van der Waals surface area contributed by atoms with E-state index in [1.54, 1.807) is 11.0 Å². The van der Waals surface area contributed by atoms with Crippen LogP contribution in [0.3, 0.4) is 0 Å². The topological polar surface area (TPSA) is 118 Å². The second-order valence-corrected chi connectivity index (χ2v) is 9.70. The fraction of sp³-hybridized carbons (Fsp3) is 0.520. The second kappa shape index (κ2) is 12.9. The van der Waals surface area contributed by atoms with Crippen LogP contribution in [0.15, 0.2) is 30.5 Å². The van der Waals surface area contributed by atoms with Gasteiger partial charge in [-0.25, -0.2) is 4.79 Å². The number of piperazine rings is 1. The number of nitrogens with zero attached hydrogens (tertiary/aromatic N) is 4. The molecule has 1 aromatic carbocycles. The normalized spacial score (nSPS) is 14.2. The third-order valence-electron chi connectivity index (χ3n) is 5.80. The maximum absolute atomic E-state index is 12.4. The molecule has 0 unspecified atom stereocenters. The molecule has 0 aliphatic carbocycles. The average molecular weight is 492 g/mol. The number of fused-ring (bicyclic) bond motifs is 1. The number of ether oxygens (including phenoxy) is 1. The number of carboxylic acids is 1. The average Bonchev–Trinajstić information content (AvgIpc) is 2.81. The quantitative estimate of drug-likeness (QED) is 0.426. The van der Waals surface area contributed by atoms with E-state index in [0.717, 1.165) is 38.3 Å². The molecule has 1 fully saturated rings. The summed E-state index contributed by atoms with van der Waals surface area (Å²) in [5.41, 5.74) is 1.48. The number of aromatic nitrogens is 1. The van der Waals surface area contributed by atoms with Crippen LogP contribution in [-0.4, -0.2) is 91.2 Å². The number of benzene rings is 1. The Bertz CT molecular complexity index is 1070. The summed E-state index contributed by atoms with van der Waals surface area (Å²) in [4.78, 5) is 45.9. The van der Waals surface area contributed by atoms with Gasteiger partial charge in [-0.3, -0.25) is 14.7 Å². The first-order valence-electron chi connectivity index (χ1n) is 11.8. The number of nitrogens with one attached hydrogen (secondary N) is 1. The maximum atomic E-state index is 12.4. The maximum Gasteiger partial charge on any atom is 1.00 e. The van der Waals surface area contributed by atoms with E-state index in [0.29, 0.717) is 29.6 Å². The van der Waals surface area contributed by atoms with Gasteiger partial charge in [-0.15, -0.1) is 0 Å². The Hall–Kier alpha value is -2.80. The number of carbonyl (C=O) groups is 3. The Morgan fingerprint density at radius 2 is 1.83 bits per heavy atom. The zero-order valence-corrected chi connectivity index (χ0v) is 21.9. The van der Waals surface area contributed by atoms with E-state index in [1.807, 2.05) is 46.0 Å². The molecule has 1 aromatic heterocycles. The molecule has 1 aliphatic heterocycles. The van der Waals surface area contributed by atoms with Crippen LogP contribution in [0.2, 0.25) is 0 Å². The monoisotopic (exact) mass is 491 g/mol. The molecule has 0 atom stereocenters. The number of carbonyl (C=O) groups excluding carboxylic acids is 3. The smallest absolute Gasteiger partial charge is 0.548 e. The summed E-state index contributed by atoms with van der Waals surface area (Å²) in [6.45, 7) is 9.74. The Kier molecular flexibility index (Phi) is 10.6. The number of amides is 2.